The molecule has 0 aliphatic heterocycles. The maximum atomic E-state index is 13.4. The number of carbonyl (C=O) groups excluding carboxylic acids is 1. The lowest BCUT2D eigenvalue weighted by molar-refractivity contribution is 0.102. The normalized spacial score (nSPS) is 10.3. The van der Waals surface area contributed by atoms with Crippen molar-refractivity contribution in [1.82, 2.24) is 4.98 Å². The summed E-state index contributed by atoms with van der Waals surface area (Å²) in [6, 6.07) is 3.83. The molecule has 6 heteroatoms. The molecule has 0 saturated carbocycles. The van der Waals surface area contributed by atoms with Crippen LogP contribution in [0.1, 0.15) is 15.2 Å². The number of carbonyl (C=O) groups is 1. The molecule has 1 N–H and O–H groups in total. The Labute approximate surface area is 106 Å². The van der Waals surface area contributed by atoms with Crippen LogP contribution in [-0.2, 0) is 0 Å². The second kappa shape index (κ2) is 4.81. The van der Waals surface area contributed by atoms with Crippen LogP contribution in [0.5, 0.6) is 0 Å². The molecule has 0 radical (unpaired) electrons. The fourth-order valence-corrected chi connectivity index (χ4v) is 2.08. The monoisotopic (exact) mass is 270 g/mol. The van der Waals surface area contributed by atoms with Crippen molar-refractivity contribution in [2.75, 3.05) is 5.32 Å². The quantitative estimate of drug-likeness (QED) is 0.907. The Morgan fingerprint density at radius 1 is 1.53 bits per heavy atom. The molecule has 17 heavy (non-hydrogen) atoms. The molecule has 0 bridgehead atoms. The SMILES string of the molecule is Cc1cnc(NC(=O)c2cc(Cl)ccc2F)s1. The molecule has 0 aliphatic carbocycles. The van der Waals surface area contributed by atoms with Crippen molar-refractivity contribution in [3.05, 3.63) is 45.7 Å². The summed E-state index contributed by atoms with van der Waals surface area (Å²) >= 11 is 7.03. The average Bonchev–Trinajstić information content (AvgIpc) is 2.67. The van der Waals surface area contributed by atoms with Gasteiger partial charge >= 0.3 is 0 Å². The molecule has 88 valence electrons. The van der Waals surface area contributed by atoms with Crippen molar-refractivity contribution in [3.8, 4) is 0 Å². The van der Waals surface area contributed by atoms with Gasteiger partial charge in [0, 0.05) is 16.1 Å². The molecule has 1 heterocycles. The van der Waals surface area contributed by atoms with Gasteiger partial charge in [-0.1, -0.05) is 11.6 Å². The first kappa shape index (κ1) is 12.0. The summed E-state index contributed by atoms with van der Waals surface area (Å²) in [5.74, 6) is -1.17. The molecule has 1 aromatic heterocycles. The molecule has 1 amide bonds. The predicted octanol–water partition coefficient (Wildman–Crippen LogP) is 3.50. The van der Waals surface area contributed by atoms with E-state index in [1.54, 1.807) is 6.20 Å². The Hall–Kier alpha value is -1.46. The number of amides is 1. The van der Waals surface area contributed by atoms with Gasteiger partial charge in [-0.15, -0.1) is 11.3 Å². The van der Waals surface area contributed by atoms with Crippen LogP contribution in [0.15, 0.2) is 24.4 Å². The van der Waals surface area contributed by atoms with Crippen molar-refractivity contribution in [1.29, 1.82) is 0 Å². The fourth-order valence-electron chi connectivity index (χ4n) is 1.25. The Balaban J connectivity index is 2.22. The molecule has 3 nitrogen and oxygen atoms in total. The highest BCUT2D eigenvalue weighted by molar-refractivity contribution is 7.15. The Bertz CT molecular complexity index is 570. The van der Waals surface area contributed by atoms with Gasteiger partial charge in [-0.3, -0.25) is 10.1 Å². The van der Waals surface area contributed by atoms with Crippen LogP contribution < -0.4 is 5.32 Å². The second-order valence-corrected chi connectivity index (χ2v) is 5.03. The Morgan fingerprint density at radius 3 is 2.94 bits per heavy atom. The zero-order valence-electron chi connectivity index (χ0n) is 8.83. The smallest absolute Gasteiger partial charge is 0.260 e. The molecule has 2 rings (SSSR count). The molecular weight excluding hydrogens is 263 g/mol. The van der Waals surface area contributed by atoms with Crippen LogP contribution in [0.3, 0.4) is 0 Å². The molecule has 0 fully saturated rings. The predicted molar refractivity (Wildman–Crippen MR) is 66.2 cm³/mol. The van der Waals surface area contributed by atoms with E-state index in [4.69, 9.17) is 11.6 Å². The number of nitrogens with zero attached hydrogens (tertiary/aromatic N) is 1. The lowest BCUT2D eigenvalue weighted by Crippen LogP contribution is -2.13. The first-order valence-corrected chi connectivity index (χ1v) is 5.94. The van der Waals surface area contributed by atoms with Gasteiger partial charge in [0.2, 0.25) is 0 Å². The topological polar surface area (TPSA) is 42.0 Å². The number of aryl methyl sites for hydroxylation is 1. The molecule has 1 aromatic carbocycles. The number of nitrogens with one attached hydrogen (secondary N) is 1. The third-order valence-electron chi connectivity index (χ3n) is 2.01. The van der Waals surface area contributed by atoms with E-state index in [0.717, 1.165) is 10.9 Å². The summed E-state index contributed by atoms with van der Waals surface area (Å²) < 4.78 is 13.4. The number of thiazole rings is 1. The van der Waals surface area contributed by atoms with Crippen LogP contribution >= 0.6 is 22.9 Å². The summed E-state index contributed by atoms with van der Waals surface area (Å²) in [7, 11) is 0. The standard InChI is InChI=1S/C11H8ClFN2OS/c1-6-5-14-11(17-6)15-10(16)8-4-7(12)2-3-9(8)13/h2-5H,1H3,(H,14,15,16). The van der Waals surface area contributed by atoms with Crippen molar-refractivity contribution in [2.45, 2.75) is 6.92 Å². The van der Waals surface area contributed by atoms with E-state index in [2.05, 4.69) is 10.3 Å². The third kappa shape index (κ3) is 2.81. The van der Waals surface area contributed by atoms with Gasteiger partial charge in [0.1, 0.15) is 5.82 Å². The Morgan fingerprint density at radius 2 is 2.29 bits per heavy atom. The largest absolute Gasteiger partial charge is 0.298 e. The summed E-state index contributed by atoms with van der Waals surface area (Å²) in [6.45, 7) is 1.87. The van der Waals surface area contributed by atoms with E-state index in [1.807, 2.05) is 6.92 Å². The van der Waals surface area contributed by atoms with Gasteiger partial charge in [0.15, 0.2) is 5.13 Å². The van der Waals surface area contributed by atoms with E-state index < -0.39 is 11.7 Å². The fraction of sp³-hybridized carbons (Fsp3) is 0.0909. The van der Waals surface area contributed by atoms with Crippen molar-refractivity contribution < 1.29 is 9.18 Å². The maximum Gasteiger partial charge on any atom is 0.260 e. The van der Waals surface area contributed by atoms with Gasteiger partial charge in [0.25, 0.3) is 5.91 Å². The summed E-state index contributed by atoms with van der Waals surface area (Å²) in [4.78, 5) is 16.7. The van der Waals surface area contributed by atoms with Gasteiger partial charge < -0.3 is 0 Å². The molecule has 0 spiro atoms. The number of anilines is 1. The van der Waals surface area contributed by atoms with E-state index in [0.29, 0.717) is 10.2 Å². The molecule has 0 saturated heterocycles. The first-order chi connectivity index (χ1) is 8.06. The van der Waals surface area contributed by atoms with Crippen molar-refractivity contribution in [3.63, 3.8) is 0 Å². The minimum atomic E-state index is -0.611. The van der Waals surface area contributed by atoms with Crippen molar-refractivity contribution >= 4 is 34.0 Å². The van der Waals surface area contributed by atoms with Crippen molar-refractivity contribution in [2.24, 2.45) is 0 Å². The number of hydrogen-bond acceptors (Lipinski definition) is 3. The number of halogens is 2. The van der Waals surface area contributed by atoms with Gasteiger partial charge in [-0.05, 0) is 25.1 Å². The number of aromatic nitrogens is 1. The van der Waals surface area contributed by atoms with Crippen LogP contribution in [0.25, 0.3) is 0 Å². The molecule has 0 atom stereocenters. The van der Waals surface area contributed by atoms with E-state index >= 15 is 0 Å². The van der Waals surface area contributed by atoms with Crippen LogP contribution in [0.4, 0.5) is 9.52 Å². The number of hydrogen-bond donors (Lipinski definition) is 1. The highest BCUT2D eigenvalue weighted by Crippen LogP contribution is 2.20. The molecule has 0 aliphatic rings. The zero-order chi connectivity index (χ0) is 12.4. The average molecular weight is 271 g/mol. The van der Waals surface area contributed by atoms with Gasteiger partial charge in [-0.2, -0.15) is 0 Å². The van der Waals surface area contributed by atoms with Crippen LogP contribution in [0, 0.1) is 12.7 Å². The summed E-state index contributed by atoms with van der Waals surface area (Å²) in [6.07, 6.45) is 1.63. The highest BCUT2D eigenvalue weighted by Gasteiger charge is 2.13. The molecule has 2 aromatic rings. The summed E-state index contributed by atoms with van der Waals surface area (Å²) in [5.41, 5.74) is -0.0923. The van der Waals surface area contributed by atoms with Crippen LogP contribution in [0.2, 0.25) is 5.02 Å². The molecule has 0 unspecified atom stereocenters. The zero-order valence-corrected chi connectivity index (χ0v) is 10.4. The maximum absolute atomic E-state index is 13.4. The number of benzene rings is 1. The van der Waals surface area contributed by atoms with E-state index in [-0.39, 0.29) is 5.56 Å². The van der Waals surface area contributed by atoms with Gasteiger partial charge in [0.05, 0.1) is 5.56 Å². The lowest BCUT2D eigenvalue weighted by atomic mass is 10.2. The van der Waals surface area contributed by atoms with Gasteiger partial charge in [-0.25, -0.2) is 9.37 Å². The Kier molecular flexibility index (Phi) is 3.40. The molecular formula is C11H8ClFN2OS. The van der Waals surface area contributed by atoms with E-state index in [1.165, 1.54) is 23.5 Å². The lowest BCUT2D eigenvalue weighted by Gasteiger charge is -2.03. The van der Waals surface area contributed by atoms with Crippen LogP contribution in [-0.4, -0.2) is 10.9 Å². The number of rotatable bonds is 2. The summed E-state index contributed by atoms with van der Waals surface area (Å²) in [5, 5.41) is 3.27. The third-order valence-corrected chi connectivity index (χ3v) is 3.08. The minimum Gasteiger partial charge on any atom is -0.298 e. The first-order valence-electron chi connectivity index (χ1n) is 4.75. The highest BCUT2D eigenvalue weighted by atomic mass is 35.5. The van der Waals surface area contributed by atoms with E-state index in [9.17, 15) is 9.18 Å². The minimum absolute atomic E-state index is 0.0923. The second-order valence-electron chi connectivity index (χ2n) is 3.35.